The van der Waals surface area contributed by atoms with E-state index in [0.29, 0.717) is 30.3 Å². The van der Waals surface area contributed by atoms with Gasteiger partial charge in [0.15, 0.2) is 17.3 Å². The van der Waals surface area contributed by atoms with Gasteiger partial charge in [0.2, 0.25) is 0 Å². The molecule has 27 heavy (non-hydrogen) atoms. The number of carbonyl (C=O) groups is 2. The number of nitrogens with one attached hydrogen (secondary N) is 1. The summed E-state index contributed by atoms with van der Waals surface area (Å²) in [4.78, 5) is 29.8. The zero-order valence-corrected chi connectivity index (χ0v) is 15.9. The second-order valence-electron chi connectivity index (χ2n) is 5.87. The molecule has 0 fully saturated rings. The van der Waals surface area contributed by atoms with Crippen LogP contribution < -0.4 is 15.0 Å². The highest BCUT2D eigenvalue weighted by Crippen LogP contribution is 2.30. The van der Waals surface area contributed by atoms with E-state index in [-0.39, 0.29) is 16.9 Å². The summed E-state index contributed by atoms with van der Waals surface area (Å²) in [6.07, 6.45) is 1.71. The molecule has 144 valence electrons. The highest BCUT2D eigenvalue weighted by atomic mass is 16.6. The molecule has 0 atom stereocenters. The summed E-state index contributed by atoms with van der Waals surface area (Å²) in [6, 6.07) is 11.7. The van der Waals surface area contributed by atoms with E-state index in [9.17, 15) is 9.59 Å². The number of hydrogen-bond donors (Lipinski definition) is 1. The van der Waals surface area contributed by atoms with Gasteiger partial charge in [-0.3, -0.25) is 14.4 Å². The van der Waals surface area contributed by atoms with Gasteiger partial charge in [-0.25, -0.2) is 5.48 Å². The fraction of sp³-hybridized carbons (Fsp3) is 0.333. The standard InChI is InChI=1S/C21H25NO5/c1-4-12-26-18-11-10-15(14-19(18)27-13-5-2)20(23)16-8-6-7-9-17(16)21(24)22-25-3/h6-11,14H,4-5,12-13H2,1-3H3,(H,22,24). The van der Waals surface area contributed by atoms with E-state index in [0.717, 1.165) is 12.8 Å². The molecule has 0 radical (unpaired) electrons. The van der Waals surface area contributed by atoms with E-state index >= 15 is 0 Å². The number of carbonyl (C=O) groups excluding carboxylic acids is 2. The van der Waals surface area contributed by atoms with Crippen molar-refractivity contribution in [1.82, 2.24) is 5.48 Å². The number of rotatable bonds is 10. The number of hydrogen-bond acceptors (Lipinski definition) is 5. The lowest BCUT2D eigenvalue weighted by Crippen LogP contribution is -2.24. The Kier molecular flexibility index (Phi) is 7.82. The molecule has 1 amide bonds. The zero-order valence-electron chi connectivity index (χ0n) is 15.9. The molecular weight excluding hydrogens is 346 g/mol. The van der Waals surface area contributed by atoms with Crippen molar-refractivity contribution in [2.75, 3.05) is 20.3 Å². The number of amides is 1. The normalized spacial score (nSPS) is 10.3. The first kappa shape index (κ1) is 20.5. The smallest absolute Gasteiger partial charge is 0.275 e. The van der Waals surface area contributed by atoms with Crippen molar-refractivity contribution in [3.63, 3.8) is 0 Å². The Morgan fingerprint density at radius 3 is 2.15 bits per heavy atom. The molecule has 0 saturated heterocycles. The van der Waals surface area contributed by atoms with Crippen molar-refractivity contribution in [3.05, 3.63) is 59.2 Å². The van der Waals surface area contributed by atoms with Crippen molar-refractivity contribution in [2.24, 2.45) is 0 Å². The third-order valence-electron chi connectivity index (χ3n) is 3.74. The van der Waals surface area contributed by atoms with E-state index < -0.39 is 5.91 Å². The van der Waals surface area contributed by atoms with E-state index in [1.165, 1.54) is 7.11 Å². The number of ether oxygens (including phenoxy) is 2. The lowest BCUT2D eigenvalue weighted by molar-refractivity contribution is 0.0535. The molecule has 0 heterocycles. The predicted molar refractivity (Wildman–Crippen MR) is 102 cm³/mol. The Morgan fingerprint density at radius 1 is 0.889 bits per heavy atom. The molecular formula is C21H25NO5. The summed E-state index contributed by atoms with van der Waals surface area (Å²) in [6.45, 7) is 5.11. The Labute approximate surface area is 159 Å². The summed E-state index contributed by atoms with van der Waals surface area (Å²) in [5.41, 5.74) is 3.19. The summed E-state index contributed by atoms with van der Waals surface area (Å²) in [5.74, 6) is 0.370. The van der Waals surface area contributed by atoms with Crippen LogP contribution in [0.4, 0.5) is 0 Å². The largest absolute Gasteiger partial charge is 0.490 e. The lowest BCUT2D eigenvalue weighted by Gasteiger charge is -2.14. The quantitative estimate of drug-likeness (QED) is 0.508. The molecule has 2 aromatic carbocycles. The molecule has 2 rings (SSSR count). The van der Waals surface area contributed by atoms with Crippen LogP contribution in [0.2, 0.25) is 0 Å². The minimum absolute atomic E-state index is 0.242. The average Bonchev–Trinajstić information content (AvgIpc) is 2.70. The number of hydroxylamine groups is 1. The summed E-state index contributed by atoms with van der Waals surface area (Å²) in [7, 11) is 1.34. The zero-order chi connectivity index (χ0) is 19.6. The predicted octanol–water partition coefficient (Wildman–Crippen LogP) is 3.79. The van der Waals surface area contributed by atoms with Gasteiger partial charge in [-0.1, -0.05) is 32.0 Å². The van der Waals surface area contributed by atoms with E-state index in [4.69, 9.17) is 9.47 Å². The van der Waals surface area contributed by atoms with Gasteiger partial charge in [-0.05, 0) is 37.1 Å². The number of ketones is 1. The SMILES string of the molecule is CCCOc1ccc(C(=O)c2ccccc2C(=O)NOC)cc1OCCC. The molecule has 6 heteroatoms. The highest BCUT2D eigenvalue weighted by Gasteiger charge is 2.19. The van der Waals surface area contributed by atoms with Gasteiger partial charge >= 0.3 is 0 Å². The third-order valence-corrected chi connectivity index (χ3v) is 3.74. The van der Waals surface area contributed by atoms with Crippen molar-refractivity contribution in [3.8, 4) is 11.5 Å². The molecule has 0 aliphatic carbocycles. The maximum absolute atomic E-state index is 13.0. The second kappa shape index (κ2) is 10.3. The van der Waals surface area contributed by atoms with Gasteiger partial charge in [0.05, 0.1) is 25.9 Å². The molecule has 6 nitrogen and oxygen atoms in total. The van der Waals surface area contributed by atoms with Crippen LogP contribution in [0, 0.1) is 0 Å². The topological polar surface area (TPSA) is 73.9 Å². The van der Waals surface area contributed by atoms with Crippen molar-refractivity contribution in [2.45, 2.75) is 26.7 Å². The molecule has 0 saturated carbocycles. The molecule has 0 bridgehead atoms. The summed E-state index contributed by atoms with van der Waals surface area (Å²) < 4.78 is 11.5. The first-order chi connectivity index (χ1) is 13.1. The molecule has 0 unspecified atom stereocenters. The van der Waals surface area contributed by atoms with Gasteiger partial charge in [0, 0.05) is 11.1 Å². The Balaban J connectivity index is 2.37. The van der Waals surface area contributed by atoms with Crippen LogP contribution in [0.1, 0.15) is 53.0 Å². The fourth-order valence-electron chi connectivity index (χ4n) is 2.49. The average molecular weight is 371 g/mol. The summed E-state index contributed by atoms with van der Waals surface area (Å²) in [5, 5.41) is 0. The van der Waals surface area contributed by atoms with Crippen LogP contribution >= 0.6 is 0 Å². The molecule has 0 spiro atoms. The Morgan fingerprint density at radius 2 is 1.52 bits per heavy atom. The monoisotopic (exact) mass is 371 g/mol. The first-order valence-corrected chi connectivity index (χ1v) is 8.99. The molecule has 0 aliphatic heterocycles. The Hall–Kier alpha value is -2.86. The van der Waals surface area contributed by atoms with Crippen molar-refractivity contribution < 1.29 is 23.9 Å². The minimum atomic E-state index is -0.480. The van der Waals surface area contributed by atoms with Gasteiger partial charge in [-0.15, -0.1) is 0 Å². The Bertz CT molecular complexity index is 788. The highest BCUT2D eigenvalue weighted by molar-refractivity contribution is 6.15. The maximum Gasteiger partial charge on any atom is 0.275 e. The molecule has 1 N–H and O–H groups in total. The van der Waals surface area contributed by atoms with Gasteiger partial charge in [0.1, 0.15) is 0 Å². The molecule has 0 aromatic heterocycles. The summed E-state index contributed by atoms with van der Waals surface area (Å²) >= 11 is 0. The van der Waals surface area contributed by atoms with Gasteiger partial charge in [-0.2, -0.15) is 0 Å². The van der Waals surface area contributed by atoms with Crippen molar-refractivity contribution in [1.29, 1.82) is 0 Å². The van der Waals surface area contributed by atoms with Crippen LogP contribution in [0.5, 0.6) is 11.5 Å². The van der Waals surface area contributed by atoms with Crippen LogP contribution in [-0.4, -0.2) is 32.0 Å². The third kappa shape index (κ3) is 5.31. The second-order valence-corrected chi connectivity index (χ2v) is 5.87. The van der Waals surface area contributed by atoms with Crippen LogP contribution in [0.15, 0.2) is 42.5 Å². The van der Waals surface area contributed by atoms with Crippen molar-refractivity contribution >= 4 is 11.7 Å². The number of benzene rings is 2. The van der Waals surface area contributed by atoms with Crippen LogP contribution in [0.3, 0.4) is 0 Å². The fourth-order valence-corrected chi connectivity index (χ4v) is 2.49. The van der Waals surface area contributed by atoms with E-state index in [1.54, 1.807) is 42.5 Å². The molecule has 2 aromatic rings. The van der Waals surface area contributed by atoms with E-state index in [2.05, 4.69) is 10.3 Å². The van der Waals surface area contributed by atoms with Crippen LogP contribution in [0.25, 0.3) is 0 Å². The minimum Gasteiger partial charge on any atom is -0.490 e. The first-order valence-electron chi connectivity index (χ1n) is 8.99. The maximum atomic E-state index is 13.0. The van der Waals surface area contributed by atoms with Gasteiger partial charge in [0.25, 0.3) is 5.91 Å². The van der Waals surface area contributed by atoms with Crippen LogP contribution in [-0.2, 0) is 4.84 Å². The lowest BCUT2D eigenvalue weighted by atomic mass is 9.97. The molecule has 0 aliphatic rings. The van der Waals surface area contributed by atoms with Gasteiger partial charge < -0.3 is 9.47 Å². The van der Waals surface area contributed by atoms with E-state index in [1.807, 2.05) is 13.8 Å².